The van der Waals surface area contributed by atoms with Crippen molar-refractivity contribution < 1.29 is 4.92 Å². The van der Waals surface area contributed by atoms with Crippen LogP contribution in [0.5, 0.6) is 0 Å². The molecule has 168 valence electrons. The van der Waals surface area contributed by atoms with Crippen LogP contribution in [0.4, 0.5) is 5.69 Å². The van der Waals surface area contributed by atoms with Gasteiger partial charge in [-0.3, -0.25) is 19.6 Å². The fraction of sp³-hybridized carbons (Fsp3) is 0.222. The number of nitro benzene ring substituents is 1. The van der Waals surface area contributed by atoms with Crippen molar-refractivity contribution in [3.8, 4) is 16.9 Å². The summed E-state index contributed by atoms with van der Waals surface area (Å²) in [5.41, 5.74) is 6.09. The molecule has 2 saturated heterocycles. The van der Waals surface area contributed by atoms with Crippen LogP contribution in [0.1, 0.15) is 34.8 Å². The van der Waals surface area contributed by atoms with Crippen LogP contribution in [0, 0.1) is 10.1 Å². The fourth-order valence-corrected chi connectivity index (χ4v) is 7.55. The van der Waals surface area contributed by atoms with Crippen LogP contribution in [0.2, 0.25) is 0 Å². The minimum Gasteiger partial charge on any atom is -0.296 e. The van der Waals surface area contributed by atoms with Crippen molar-refractivity contribution >= 4 is 17.4 Å². The zero-order valence-electron chi connectivity index (χ0n) is 18.3. The second kappa shape index (κ2) is 7.55. The molecule has 0 radical (unpaired) electrons. The first-order valence-electron chi connectivity index (χ1n) is 11.5. The Morgan fingerprint density at radius 2 is 1.71 bits per heavy atom. The smallest absolute Gasteiger partial charge is 0.269 e. The summed E-state index contributed by atoms with van der Waals surface area (Å²) in [4.78, 5) is 18.6. The van der Waals surface area contributed by atoms with E-state index >= 15 is 0 Å². The van der Waals surface area contributed by atoms with Gasteiger partial charge in [-0.05, 0) is 17.2 Å². The van der Waals surface area contributed by atoms with Crippen molar-refractivity contribution in [1.82, 2.24) is 14.5 Å². The molecule has 0 saturated carbocycles. The quantitative estimate of drug-likeness (QED) is 0.284. The first kappa shape index (κ1) is 20.0. The Morgan fingerprint density at radius 3 is 2.50 bits per heavy atom. The lowest BCUT2D eigenvalue weighted by Gasteiger charge is -2.34. The largest absolute Gasteiger partial charge is 0.296 e. The van der Waals surface area contributed by atoms with Gasteiger partial charge in [0.2, 0.25) is 0 Å². The molecule has 0 unspecified atom stereocenters. The molecular formula is C27H22N4O2S. The third-order valence-corrected chi connectivity index (χ3v) is 8.65. The lowest BCUT2D eigenvalue weighted by atomic mass is 9.76. The van der Waals surface area contributed by atoms with Crippen LogP contribution >= 0.6 is 11.8 Å². The van der Waals surface area contributed by atoms with Crippen molar-refractivity contribution in [1.29, 1.82) is 0 Å². The van der Waals surface area contributed by atoms with Crippen LogP contribution in [-0.2, 0) is 0 Å². The third-order valence-electron chi connectivity index (χ3n) is 7.59. The summed E-state index contributed by atoms with van der Waals surface area (Å²) in [6.45, 7) is 0. The molecule has 1 aromatic heterocycles. The molecule has 6 nitrogen and oxygen atoms in total. The molecule has 4 heterocycles. The van der Waals surface area contributed by atoms with Crippen molar-refractivity contribution in [3.05, 3.63) is 112 Å². The number of para-hydroxylation sites is 1. The molecular weight excluding hydrogens is 444 g/mol. The van der Waals surface area contributed by atoms with E-state index in [9.17, 15) is 10.1 Å². The van der Waals surface area contributed by atoms with Gasteiger partial charge in [-0.25, -0.2) is 4.98 Å². The van der Waals surface area contributed by atoms with Crippen molar-refractivity contribution in [3.63, 3.8) is 0 Å². The topological polar surface area (TPSA) is 64.2 Å². The van der Waals surface area contributed by atoms with E-state index in [4.69, 9.17) is 4.98 Å². The Bertz CT molecular complexity index is 1400. The van der Waals surface area contributed by atoms with Gasteiger partial charge in [0, 0.05) is 53.2 Å². The van der Waals surface area contributed by atoms with E-state index in [0.717, 1.165) is 34.3 Å². The van der Waals surface area contributed by atoms with Gasteiger partial charge in [0.25, 0.3) is 5.69 Å². The normalized spacial score (nSPS) is 24.8. The number of nitro groups is 1. The lowest BCUT2D eigenvalue weighted by Crippen LogP contribution is -2.30. The van der Waals surface area contributed by atoms with Gasteiger partial charge in [-0.15, -0.1) is 11.8 Å². The number of fused-ring (bicyclic) bond motifs is 8. The molecule has 4 aromatic rings. The SMILES string of the molecule is O=[N+]([O-])c1ccc([C@H]2[C@H]3c4ccccc4-n4c(-c5ccccc5)cnc4[C@H]3[C@@H]3CSCN32)cc1. The molecule has 3 aromatic carbocycles. The van der Waals surface area contributed by atoms with Gasteiger partial charge < -0.3 is 0 Å². The molecule has 4 atom stereocenters. The molecule has 0 amide bonds. The molecule has 7 rings (SSSR count). The van der Waals surface area contributed by atoms with E-state index in [-0.39, 0.29) is 28.5 Å². The summed E-state index contributed by atoms with van der Waals surface area (Å²) in [6, 6.07) is 26.9. The monoisotopic (exact) mass is 466 g/mol. The lowest BCUT2D eigenvalue weighted by molar-refractivity contribution is -0.384. The predicted molar refractivity (Wildman–Crippen MR) is 133 cm³/mol. The molecule has 3 aliphatic heterocycles. The molecule has 0 aliphatic carbocycles. The molecule has 7 heteroatoms. The second-order valence-electron chi connectivity index (χ2n) is 9.19. The van der Waals surface area contributed by atoms with E-state index in [1.54, 1.807) is 12.1 Å². The van der Waals surface area contributed by atoms with Gasteiger partial charge >= 0.3 is 0 Å². The number of imidazole rings is 1. The Kier molecular flexibility index (Phi) is 4.44. The highest BCUT2D eigenvalue weighted by Gasteiger charge is 2.56. The first-order valence-corrected chi connectivity index (χ1v) is 12.7. The second-order valence-corrected chi connectivity index (χ2v) is 10.2. The number of non-ortho nitro benzene ring substituents is 1. The number of nitrogens with zero attached hydrogens (tertiary/aromatic N) is 4. The predicted octanol–water partition coefficient (Wildman–Crippen LogP) is 5.76. The van der Waals surface area contributed by atoms with Crippen LogP contribution in [0.25, 0.3) is 16.9 Å². The Labute approximate surface area is 201 Å². The van der Waals surface area contributed by atoms with E-state index in [0.29, 0.717) is 6.04 Å². The number of aromatic nitrogens is 2. The summed E-state index contributed by atoms with van der Waals surface area (Å²) in [6.07, 6.45) is 2.02. The maximum absolute atomic E-state index is 11.2. The summed E-state index contributed by atoms with van der Waals surface area (Å²) >= 11 is 1.97. The van der Waals surface area contributed by atoms with Gasteiger partial charge in [0.1, 0.15) is 5.82 Å². The van der Waals surface area contributed by atoms with E-state index in [2.05, 4.69) is 58.0 Å². The Hall–Kier alpha value is -3.42. The third kappa shape index (κ3) is 2.77. The van der Waals surface area contributed by atoms with Gasteiger partial charge in [0.05, 0.1) is 22.5 Å². The van der Waals surface area contributed by atoms with Crippen LogP contribution in [0.15, 0.2) is 85.1 Å². The van der Waals surface area contributed by atoms with Crippen LogP contribution < -0.4 is 0 Å². The minimum atomic E-state index is -0.326. The highest BCUT2D eigenvalue weighted by molar-refractivity contribution is 7.99. The van der Waals surface area contributed by atoms with Gasteiger partial charge in [-0.1, -0.05) is 60.7 Å². The fourth-order valence-electron chi connectivity index (χ4n) is 6.24. The summed E-state index contributed by atoms with van der Waals surface area (Å²) in [5, 5.41) is 11.2. The number of rotatable bonds is 3. The standard InChI is InChI=1S/C27H22N4O2S/c32-31(33)19-12-10-18(11-13-19)26-24-20-8-4-5-9-21(20)30-22(17-6-2-1-3-7-17)14-28-27(30)25(24)23-15-34-16-29(23)26/h1-14,23-26H,15-16H2/t23-,24-,25-,26-/m0/s1. The Morgan fingerprint density at radius 1 is 0.941 bits per heavy atom. The summed E-state index contributed by atoms with van der Waals surface area (Å²) in [5.74, 6) is 3.68. The highest BCUT2D eigenvalue weighted by atomic mass is 32.2. The van der Waals surface area contributed by atoms with Gasteiger partial charge in [0.15, 0.2) is 0 Å². The molecule has 0 bridgehead atoms. The molecule has 0 spiro atoms. The zero-order valence-corrected chi connectivity index (χ0v) is 19.1. The molecule has 0 N–H and O–H groups in total. The number of hydrogen-bond donors (Lipinski definition) is 0. The van der Waals surface area contributed by atoms with Crippen LogP contribution in [0.3, 0.4) is 0 Å². The molecule has 2 fully saturated rings. The van der Waals surface area contributed by atoms with E-state index in [1.807, 2.05) is 36.2 Å². The molecule has 3 aliphatic rings. The van der Waals surface area contributed by atoms with Gasteiger partial charge in [-0.2, -0.15) is 0 Å². The average molecular weight is 467 g/mol. The average Bonchev–Trinajstić information content (AvgIpc) is 3.59. The maximum Gasteiger partial charge on any atom is 0.269 e. The highest BCUT2D eigenvalue weighted by Crippen LogP contribution is 2.60. The Balaban J connectivity index is 1.43. The van der Waals surface area contributed by atoms with Crippen molar-refractivity contribution in [2.24, 2.45) is 0 Å². The summed E-state index contributed by atoms with van der Waals surface area (Å²) < 4.78 is 2.37. The zero-order chi connectivity index (χ0) is 22.8. The minimum absolute atomic E-state index is 0.137. The number of benzene rings is 3. The van der Waals surface area contributed by atoms with E-state index in [1.165, 1.54) is 11.3 Å². The van der Waals surface area contributed by atoms with Crippen molar-refractivity contribution in [2.75, 3.05) is 11.6 Å². The summed E-state index contributed by atoms with van der Waals surface area (Å²) in [7, 11) is 0. The maximum atomic E-state index is 11.2. The first-order chi connectivity index (χ1) is 16.7. The number of thioether (sulfide) groups is 1. The molecule has 34 heavy (non-hydrogen) atoms. The number of hydrogen-bond acceptors (Lipinski definition) is 5. The van der Waals surface area contributed by atoms with Crippen LogP contribution in [-0.4, -0.2) is 37.0 Å². The van der Waals surface area contributed by atoms with E-state index < -0.39 is 0 Å². The van der Waals surface area contributed by atoms with Crippen molar-refractivity contribution in [2.45, 2.75) is 23.9 Å².